The number of aromatic nitrogens is 1. The number of hydrogen-bond donors (Lipinski definition) is 0. The van der Waals surface area contributed by atoms with Gasteiger partial charge in [0, 0.05) is 5.69 Å². The lowest BCUT2D eigenvalue weighted by atomic mass is 10.3. The van der Waals surface area contributed by atoms with Crippen molar-refractivity contribution in [1.29, 1.82) is 0 Å². The van der Waals surface area contributed by atoms with E-state index in [2.05, 4.69) is 15.9 Å². The van der Waals surface area contributed by atoms with Gasteiger partial charge in [0.25, 0.3) is 0 Å². The Labute approximate surface area is 103 Å². The smallest absolute Gasteiger partial charge is 0.418 e. The average molecular weight is 288 g/mol. The lowest BCUT2D eigenvalue weighted by Crippen LogP contribution is -2.21. The van der Waals surface area contributed by atoms with Crippen LogP contribution in [0.25, 0.3) is 0 Å². The van der Waals surface area contributed by atoms with E-state index in [1.54, 1.807) is 19.1 Å². The Hall–Kier alpha value is -1.10. The van der Waals surface area contributed by atoms with Crippen molar-refractivity contribution in [2.75, 3.05) is 11.9 Å². The van der Waals surface area contributed by atoms with Gasteiger partial charge >= 0.3 is 6.09 Å². The third kappa shape index (κ3) is 2.52. The standard InChI is InChI=1S/C11H14BrNO3/c1-3-8-5-6-9(10(14)7-12)13(8)11(15)16-4-2/h5-6H,3-4,7H2,1-2H3. The van der Waals surface area contributed by atoms with Crippen LogP contribution in [0.15, 0.2) is 12.1 Å². The molecule has 0 N–H and O–H groups in total. The summed E-state index contributed by atoms with van der Waals surface area (Å²) in [5.41, 5.74) is 1.15. The Bertz CT molecular complexity index is 398. The van der Waals surface area contributed by atoms with E-state index in [1.165, 1.54) is 4.57 Å². The number of alkyl halides is 1. The van der Waals surface area contributed by atoms with Crippen molar-refractivity contribution < 1.29 is 14.3 Å². The fraction of sp³-hybridized carbons (Fsp3) is 0.455. The van der Waals surface area contributed by atoms with Crippen LogP contribution in [0.2, 0.25) is 0 Å². The van der Waals surface area contributed by atoms with Gasteiger partial charge in [0.1, 0.15) is 0 Å². The molecule has 1 aromatic rings. The van der Waals surface area contributed by atoms with Gasteiger partial charge < -0.3 is 4.74 Å². The number of ketones is 1. The third-order valence-electron chi connectivity index (χ3n) is 2.18. The normalized spacial score (nSPS) is 10.2. The Balaban J connectivity index is 3.15. The summed E-state index contributed by atoms with van der Waals surface area (Å²) in [6.45, 7) is 3.95. The van der Waals surface area contributed by atoms with Crippen molar-refractivity contribution in [3.8, 4) is 0 Å². The maximum atomic E-state index is 11.7. The van der Waals surface area contributed by atoms with Gasteiger partial charge in [0.05, 0.1) is 17.6 Å². The number of nitrogens with zero attached hydrogens (tertiary/aromatic N) is 1. The molecule has 0 amide bonds. The fourth-order valence-corrected chi connectivity index (χ4v) is 1.73. The van der Waals surface area contributed by atoms with Crippen LogP contribution in [0.1, 0.15) is 30.0 Å². The molecular formula is C11H14BrNO3. The molecule has 0 atom stereocenters. The molecular weight excluding hydrogens is 274 g/mol. The molecule has 0 saturated heterocycles. The van der Waals surface area contributed by atoms with Crippen molar-refractivity contribution >= 4 is 27.8 Å². The Morgan fingerprint density at radius 3 is 2.56 bits per heavy atom. The van der Waals surface area contributed by atoms with Crippen LogP contribution in [-0.2, 0) is 11.2 Å². The average Bonchev–Trinajstić information content (AvgIpc) is 2.71. The number of Topliss-reactive ketones (excluding diaryl/α,β-unsaturated/α-hetero) is 1. The van der Waals surface area contributed by atoms with Crippen molar-refractivity contribution in [3.05, 3.63) is 23.5 Å². The molecule has 0 aliphatic carbocycles. The minimum absolute atomic E-state index is 0.132. The SMILES string of the molecule is CCOC(=O)n1c(CC)ccc1C(=O)CBr. The van der Waals surface area contributed by atoms with Gasteiger partial charge in [-0.15, -0.1) is 0 Å². The van der Waals surface area contributed by atoms with E-state index >= 15 is 0 Å². The molecule has 1 heterocycles. The number of aryl methyl sites for hydroxylation is 1. The summed E-state index contributed by atoms with van der Waals surface area (Å²) in [6.07, 6.45) is 0.183. The van der Waals surface area contributed by atoms with Gasteiger partial charge in [-0.1, -0.05) is 22.9 Å². The van der Waals surface area contributed by atoms with Crippen LogP contribution < -0.4 is 0 Å². The molecule has 0 fully saturated rings. The van der Waals surface area contributed by atoms with Gasteiger partial charge in [0.15, 0.2) is 5.78 Å². The van der Waals surface area contributed by atoms with Gasteiger partial charge in [-0.25, -0.2) is 9.36 Å². The second-order valence-corrected chi connectivity index (χ2v) is 3.72. The molecule has 0 spiro atoms. The van der Waals surface area contributed by atoms with Crippen molar-refractivity contribution in [3.63, 3.8) is 0 Å². The van der Waals surface area contributed by atoms with E-state index in [0.717, 1.165) is 5.69 Å². The van der Waals surface area contributed by atoms with Crippen LogP contribution in [0.3, 0.4) is 0 Å². The first-order valence-corrected chi connectivity index (χ1v) is 6.24. The highest BCUT2D eigenvalue weighted by atomic mass is 79.9. The zero-order chi connectivity index (χ0) is 12.1. The van der Waals surface area contributed by atoms with E-state index in [9.17, 15) is 9.59 Å². The zero-order valence-corrected chi connectivity index (χ0v) is 10.9. The maximum absolute atomic E-state index is 11.7. The second-order valence-electron chi connectivity index (χ2n) is 3.15. The molecule has 0 aromatic carbocycles. The molecule has 0 bridgehead atoms. The number of carbonyl (C=O) groups is 2. The topological polar surface area (TPSA) is 48.3 Å². The molecule has 0 aliphatic heterocycles. The summed E-state index contributed by atoms with van der Waals surface area (Å²) in [5.74, 6) is -0.132. The van der Waals surface area contributed by atoms with Crippen LogP contribution in [0.4, 0.5) is 4.79 Å². The minimum atomic E-state index is -0.492. The van der Waals surface area contributed by atoms with E-state index in [0.29, 0.717) is 18.7 Å². The molecule has 4 nitrogen and oxygen atoms in total. The highest BCUT2D eigenvalue weighted by Gasteiger charge is 2.19. The van der Waals surface area contributed by atoms with E-state index in [-0.39, 0.29) is 11.1 Å². The number of hydrogen-bond acceptors (Lipinski definition) is 3. The van der Waals surface area contributed by atoms with Gasteiger partial charge in [0.2, 0.25) is 0 Å². The van der Waals surface area contributed by atoms with E-state index in [1.807, 2.05) is 6.92 Å². The van der Waals surface area contributed by atoms with Crippen molar-refractivity contribution in [2.45, 2.75) is 20.3 Å². The molecule has 5 heteroatoms. The molecule has 0 unspecified atom stereocenters. The summed E-state index contributed by atoms with van der Waals surface area (Å²) in [4.78, 5) is 23.3. The van der Waals surface area contributed by atoms with E-state index < -0.39 is 6.09 Å². The summed E-state index contributed by atoms with van der Waals surface area (Å²) >= 11 is 3.09. The highest BCUT2D eigenvalue weighted by molar-refractivity contribution is 9.09. The summed E-state index contributed by atoms with van der Waals surface area (Å²) in [6, 6.07) is 3.42. The number of ether oxygens (including phenoxy) is 1. The zero-order valence-electron chi connectivity index (χ0n) is 9.33. The summed E-state index contributed by atoms with van der Waals surface area (Å²) in [7, 11) is 0. The monoisotopic (exact) mass is 287 g/mol. The first-order valence-electron chi connectivity index (χ1n) is 5.12. The predicted molar refractivity (Wildman–Crippen MR) is 64.4 cm³/mol. The number of carbonyl (C=O) groups excluding carboxylic acids is 2. The van der Waals surface area contributed by atoms with Gasteiger partial charge in [-0.05, 0) is 25.5 Å². The predicted octanol–water partition coefficient (Wildman–Crippen LogP) is 2.63. The lowest BCUT2D eigenvalue weighted by molar-refractivity contribution is 0.100. The first kappa shape index (κ1) is 13.0. The summed E-state index contributed by atoms with van der Waals surface area (Å²) in [5, 5.41) is 0.194. The molecule has 0 radical (unpaired) electrons. The number of halogens is 1. The molecule has 1 rings (SSSR count). The van der Waals surface area contributed by atoms with Crippen LogP contribution >= 0.6 is 15.9 Å². The lowest BCUT2D eigenvalue weighted by Gasteiger charge is -2.09. The van der Waals surface area contributed by atoms with Crippen molar-refractivity contribution in [1.82, 2.24) is 4.57 Å². The van der Waals surface area contributed by atoms with Crippen LogP contribution in [0.5, 0.6) is 0 Å². The van der Waals surface area contributed by atoms with E-state index in [4.69, 9.17) is 4.74 Å². The van der Waals surface area contributed by atoms with Gasteiger partial charge in [-0.3, -0.25) is 4.79 Å². The molecule has 88 valence electrons. The van der Waals surface area contributed by atoms with Crippen molar-refractivity contribution in [2.24, 2.45) is 0 Å². The quantitative estimate of drug-likeness (QED) is 0.632. The highest BCUT2D eigenvalue weighted by Crippen LogP contribution is 2.12. The Morgan fingerprint density at radius 1 is 1.38 bits per heavy atom. The summed E-state index contributed by atoms with van der Waals surface area (Å²) < 4.78 is 6.26. The molecule has 0 aliphatic rings. The molecule has 16 heavy (non-hydrogen) atoms. The second kappa shape index (κ2) is 5.84. The third-order valence-corrected chi connectivity index (χ3v) is 2.69. The Kier molecular flexibility index (Phi) is 4.73. The Morgan fingerprint density at radius 2 is 2.06 bits per heavy atom. The first-order chi connectivity index (χ1) is 7.65. The number of rotatable bonds is 4. The molecule has 0 saturated carbocycles. The largest absolute Gasteiger partial charge is 0.449 e. The fourth-order valence-electron chi connectivity index (χ4n) is 1.44. The minimum Gasteiger partial charge on any atom is -0.449 e. The van der Waals surface area contributed by atoms with Crippen LogP contribution in [-0.4, -0.2) is 28.4 Å². The maximum Gasteiger partial charge on any atom is 0.418 e. The van der Waals surface area contributed by atoms with Crippen LogP contribution in [0, 0.1) is 0 Å². The molecule has 1 aromatic heterocycles. The van der Waals surface area contributed by atoms with Gasteiger partial charge in [-0.2, -0.15) is 0 Å².